The second kappa shape index (κ2) is 13.6. The predicted octanol–water partition coefficient (Wildman–Crippen LogP) is 3.19. The molecule has 0 bridgehead atoms. The first-order valence-corrected chi connectivity index (χ1v) is 14.0. The lowest BCUT2D eigenvalue weighted by molar-refractivity contribution is -0.753. The van der Waals surface area contributed by atoms with Gasteiger partial charge in [0, 0.05) is 24.1 Å². The number of hydrogen-bond donors (Lipinski definition) is 3. The van der Waals surface area contributed by atoms with E-state index < -0.39 is 31.8 Å². The van der Waals surface area contributed by atoms with Crippen molar-refractivity contribution >= 4 is 27.6 Å². The molecule has 0 spiro atoms. The van der Waals surface area contributed by atoms with E-state index in [-0.39, 0.29) is 36.6 Å². The molecule has 2 aromatic rings. The minimum Gasteiger partial charge on any atom is -0.497 e. The number of carboxylic acid groups (broad SMARTS) is 1. The first kappa shape index (κ1) is 31.1. The van der Waals surface area contributed by atoms with Gasteiger partial charge < -0.3 is 26.0 Å². The lowest BCUT2D eigenvalue weighted by Crippen LogP contribution is -2.66. The highest BCUT2D eigenvalue weighted by Crippen LogP contribution is 2.35. The summed E-state index contributed by atoms with van der Waals surface area (Å²) in [5.74, 6) is -1.31. The maximum atomic E-state index is 14.3. The fourth-order valence-electron chi connectivity index (χ4n) is 4.62. The molecule has 0 heterocycles. The third-order valence-electron chi connectivity index (χ3n) is 6.42. The number of unbranched alkanes of at least 4 members (excludes halogenated alkanes) is 1. The van der Waals surface area contributed by atoms with Crippen LogP contribution < -0.4 is 20.9 Å². The Morgan fingerprint density at radius 2 is 1.58 bits per heavy atom. The molecule has 2 atom stereocenters. The number of hydrogen-bond acceptors (Lipinski definition) is 8. The summed E-state index contributed by atoms with van der Waals surface area (Å²) in [6, 6.07) is 9.12. The van der Waals surface area contributed by atoms with Crippen LogP contribution in [0.25, 0.3) is 0 Å². The second-order valence-corrected chi connectivity index (χ2v) is 11.7. The molecular weight excluding hydrogens is 510 g/mol. The topological polar surface area (TPSA) is 159 Å². The fourth-order valence-corrected chi connectivity index (χ4v) is 6.86. The van der Waals surface area contributed by atoms with E-state index in [1.807, 2.05) is 0 Å². The van der Waals surface area contributed by atoms with Crippen molar-refractivity contribution in [2.45, 2.75) is 56.9 Å². The molecule has 0 saturated heterocycles. The van der Waals surface area contributed by atoms with Gasteiger partial charge in [0.2, 0.25) is 6.04 Å². The van der Waals surface area contributed by atoms with Crippen molar-refractivity contribution in [3.05, 3.63) is 48.0 Å². The third-order valence-corrected chi connectivity index (χ3v) is 8.76. The van der Waals surface area contributed by atoms with Gasteiger partial charge in [0.25, 0.3) is 0 Å². The van der Waals surface area contributed by atoms with Crippen LogP contribution in [0.2, 0.25) is 0 Å². The van der Waals surface area contributed by atoms with E-state index in [0.717, 1.165) is 0 Å². The summed E-state index contributed by atoms with van der Waals surface area (Å²) >= 11 is 0. The highest BCUT2D eigenvalue weighted by molar-refractivity contribution is 7.86. The molecule has 10 nitrogen and oxygen atoms in total. The number of carboxylic acids is 1. The van der Waals surface area contributed by atoms with Gasteiger partial charge in [-0.3, -0.25) is 0 Å². The maximum Gasteiger partial charge on any atom is 0.364 e. The van der Waals surface area contributed by atoms with Crippen LogP contribution in [0.1, 0.15) is 45.1 Å². The zero-order chi connectivity index (χ0) is 28.5. The van der Waals surface area contributed by atoms with Crippen molar-refractivity contribution in [1.29, 1.82) is 0 Å². The van der Waals surface area contributed by atoms with Gasteiger partial charge in [0.1, 0.15) is 22.9 Å². The van der Waals surface area contributed by atoms with E-state index in [1.54, 1.807) is 32.0 Å². The quantitative estimate of drug-likeness (QED) is 0.172. The van der Waals surface area contributed by atoms with Crippen molar-refractivity contribution in [1.82, 2.24) is 0 Å². The molecule has 0 aliphatic rings. The Morgan fingerprint density at radius 1 is 1.00 bits per heavy atom. The predicted molar refractivity (Wildman–Crippen MR) is 145 cm³/mol. The number of amides is 1. The number of sulfonamides is 1. The molecule has 0 aliphatic carbocycles. The monoisotopic (exact) mass is 550 g/mol. The van der Waals surface area contributed by atoms with Crippen molar-refractivity contribution in [3.8, 4) is 11.5 Å². The minimum atomic E-state index is -4.51. The summed E-state index contributed by atoms with van der Waals surface area (Å²) in [7, 11) is -1.50. The fraction of sp³-hybridized carbons (Fsp3) is 0.481. The Hall–Kier alpha value is -3.15. The number of carbonyl (C=O) groups excluding carboxylic acids is 1. The zero-order valence-corrected chi connectivity index (χ0v) is 23.4. The van der Waals surface area contributed by atoms with E-state index in [0.29, 0.717) is 42.1 Å². The standard InChI is InChI=1S/C27H39N3O7S/c1-19(2)18-30(25(27(32)33)7-5-6-14-28,38(34,35)24-11-9-21(29)10-12-24)26(31)13-8-20-15-22(36-3)17-23(16-20)37-4/h9-12,15-17,19,25H,5-8,13-14,18,28-29H2,1-4H3/p+1/t25-,30?/m0/s1. The van der Waals surface area contributed by atoms with Crippen molar-refractivity contribution in [2.24, 2.45) is 11.7 Å². The normalized spacial score (nSPS) is 14.1. The van der Waals surface area contributed by atoms with Gasteiger partial charge in [-0.1, -0.05) is 13.8 Å². The molecule has 1 unspecified atom stereocenters. The number of quaternary nitrogens is 1. The second-order valence-electron chi connectivity index (χ2n) is 9.67. The van der Waals surface area contributed by atoms with E-state index >= 15 is 0 Å². The van der Waals surface area contributed by atoms with Gasteiger partial charge in [0.05, 0.1) is 20.6 Å². The SMILES string of the molecule is COc1cc(CCC(=O)[N+](CC(C)C)([C@@H](CCCCN)C(=O)O)S(=O)(=O)c2ccc(N)cc2)cc(OC)c1. The van der Waals surface area contributed by atoms with Gasteiger partial charge >= 0.3 is 21.9 Å². The van der Waals surface area contributed by atoms with E-state index in [2.05, 4.69) is 0 Å². The first-order chi connectivity index (χ1) is 17.9. The molecule has 0 saturated carbocycles. The molecular formula is C27H40N3O7S+. The van der Waals surface area contributed by atoms with Gasteiger partial charge in [-0.2, -0.15) is 8.42 Å². The lowest BCUT2D eigenvalue weighted by atomic mass is 10.0. The molecule has 0 aliphatic heterocycles. The number of carbonyl (C=O) groups is 2. The summed E-state index contributed by atoms with van der Waals surface area (Å²) in [6.45, 7) is 3.66. The first-order valence-electron chi connectivity index (χ1n) is 12.6. The van der Waals surface area contributed by atoms with Crippen LogP contribution in [0.5, 0.6) is 11.5 Å². The average Bonchev–Trinajstić information content (AvgIpc) is 2.88. The Balaban J connectivity index is 2.68. The number of aryl methyl sites for hydroxylation is 1. The molecule has 5 N–H and O–H groups in total. The molecule has 11 heteroatoms. The molecule has 0 aromatic heterocycles. The Kier molecular flexibility index (Phi) is 11.1. The summed E-state index contributed by atoms with van der Waals surface area (Å²) in [5, 5.41) is 10.3. The Bertz CT molecular complexity index is 1180. The maximum absolute atomic E-state index is 14.3. The van der Waals surface area contributed by atoms with E-state index in [9.17, 15) is 23.1 Å². The summed E-state index contributed by atoms with van der Waals surface area (Å²) in [6.07, 6.45) is 0.801. The van der Waals surface area contributed by atoms with Crippen LogP contribution >= 0.6 is 0 Å². The highest BCUT2D eigenvalue weighted by atomic mass is 32.2. The van der Waals surface area contributed by atoms with Gasteiger partial charge in [-0.25, -0.2) is 9.59 Å². The van der Waals surface area contributed by atoms with Crippen LogP contribution in [0.15, 0.2) is 47.4 Å². The van der Waals surface area contributed by atoms with Crippen molar-refractivity contribution < 1.29 is 36.5 Å². The number of benzene rings is 2. The average molecular weight is 551 g/mol. The summed E-state index contributed by atoms with van der Waals surface area (Å²) in [4.78, 5) is 26.7. The van der Waals surface area contributed by atoms with Gasteiger partial charge in [0.15, 0.2) is 0 Å². The van der Waals surface area contributed by atoms with Gasteiger partial charge in [-0.15, -0.1) is 3.89 Å². The van der Waals surface area contributed by atoms with Crippen molar-refractivity contribution in [3.63, 3.8) is 0 Å². The lowest BCUT2D eigenvalue weighted by Gasteiger charge is -2.40. The van der Waals surface area contributed by atoms with Crippen LogP contribution in [0.3, 0.4) is 0 Å². The number of methoxy groups -OCH3 is 2. The number of nitrogen functional groups attached to an aromatic ring is 1. The number of ether oxygens (including phenoxy) is 2. The third kappa shape index (κ3) is 7.03. The molecule has 1 amide bonds. The molecule has 0 fully saturated rings. The number of aliphatic carboxylic acids is 1. The largest absolute Gasteiger partial charge is 0.497 e. The number of nitrogens with two attached hydrogens (primary N) is 2. The van der Waals surface area contributed by atoms with Crippen LogP contribution in [-0.4, -0.2) is 62.6 Å². The van der Waals surface area contributed by atoms with E-state index in [4.69, 9.17) is 20.9 Å². The highest BCUT2D eigenvalue weighted by Gasteiger charge is 2.58. The van der Waals surface area contributed by atoms with Gasteiger partial charge in [-0.05, 0) is 67.8 Å². The zero-order valence-electron chi connectivity index (χ0n) is 22.6. The summed E-state index contributed by atoms with van der Waals surface area (Å²) < 4.78 is 38.0. The number of rotatable bonds is 15. The van der Waals surface area contributed by atoms with Crippen LogP contribution in [0.4, 0.5) is 5.69 Å². The Labute approximate surface area is 225 Å². The number of anilines is 1. The molecule has 210 valence electrons. The molecule has 2 rings (SSSR count). The minimum absolute atomic E-state index is 0.0216. The van der Waals surface area contributed by atoms with E-state index in [1.165, 1.54) is 38.5 Å². The van der Waals surface area contributed by atoms with Crippen molar-refractivity contribution in [2.75, 3.05) is 33.0 Å². The molecule has 0 radical (unpaired) electrons. The summed E-state index contributed by atoms with van der Waals surface area (Å²) in [5.41, 5.74) is 12.4. The Morgan fingerprint density at radius 3 is 2.05 bits per heavy atom. The van der Waals surface area contributed by atoms with Crippen LogP contribution in [-0.2, 0) is 26.0 Å². The molecule has 38 heavy (non-hydrogen) atoms. The molecule has 2 aromatic carbocycles. The van der Waals surface area contributed by atoms with Crippen LogP contribution in [0, 0.1) is 5.92 Å². The smallest absolute Gasteiger partial charge is 0.364 e. The number of nitrogens with zero attached hydrogens (tertiary/aromatic N) is 1.